The number of hydrogen-bond donors (Lipinski definition) is 0. The van der Waals surface area contributed by atoms with E-state index in [1.807, 2.05) is 0 Å². The number of rotatable bonds is 4. The standard InChI is InChI=1S/C11H12N2O4/c1-12(17-2)11(14)7-6-9-4-3-5-10(8-9)13(15)16/h3-8H,1-2H3. The third-order valence-corrected chi connectivity index (χ3v) is 2.08. The van der Waals surface area contributed by atoms with Gasteiger partial charge in [-0.25, -0.2) is 5.06 Å². The quantitative estimate of drug-likeness (QED) is 0.452. The Hall–Kier alpha value is -2.21. The Kier molecular flexibility index (Phi) is 4.36. The third-order valence-electron chi connectivity index (χ3n) is 2.08. The highest BCUT2D eigenvalue weighted by molar-refractivity contribution is 5.90. The molecule has 1 amide bonds. The first-order valence-corrected chi connectivity index (χ1v) is 4.79. The summed E-state index contributed by atoms with van der Waals surface area (Å²) in [5, 5.41) is 11.6. The van der Waals surface area contributed by atoms with Crippen LogP contribution in [0.2, 0.25) is 0 Å². The molecule has 0 radical (unpaired) electrons. The number of hydrogen-bond acceptors (Lipinski definition) is 4. The fraction of sp³-hybridized carbons (Fsp3) is 0.182. The molecule has 0 fully saturated rings. The molecule has 0 heterocycles. The first kappa shape index (κ1) is 12.9. The van der Waals surface area contributed by atoms with Gasteiger partial charge in [0, 0.05) is 25.3 Å². The summed E-state index contributed by atoms with van der Waals surface area (Å²) in [6, 6.07) is 6.00. The molecular weight excluding hydrogens is 224 g/mol. The maximum absolute atomic E-state index is 11.3. The minimum Gasteiger partial charge on any atom is -0.274 e. The highest BCUT2D eigenvalue weighted by Gasteiger charge is 2.05. The summed E-state index contributed by atoms with van der Waals surface area (Å²) >= 11 is 0. The molecule has 6 heteroatoms. The van der Waals surface area contributed by atoms with Crippen molar-refractivity contribution < 1.29 is 14.6 Å². The molecule has 1 rings (SSSR count). The van der Waals surface area contributed by atoms with E-state index in [1.165, 1.54) is 38.4 Å². The number of likely N-dealkylation sites (N-methyl/N-ethyl adjacent to an activating group) is 1. The largest absolute Gasteiger partial charge is 0.274 e. The minimum absolute atomic E-state index is 0.0142. The third kappa shape index (κ3) is 3.69. The van der Waals surface area contributed by atoms with Gasteiger partial charge in [-0.05, 0) is 11.6 Å². The Labute approximate surface area is 98.2 Å². The molecule has 0 bridgehead atoms. The fourth-order valence-electron chi connectivity index (χ4n) is 1.10. The maximum Gasteiger partial charge on any atom is 0.270 e. The van der Waals surface area contributed by atoms with E-state index in [0.717, 1.165) is 5.06 Å². The van der Waals surface area contributed by atoms with E-state index in [9.17, 15) is 14.9 Å². The lowest BCUT2D eigenvalue weighted by Crippen LogP contribution is -2.22. The van der Waals surface area contributed by atoms with E-state index in [1.54, 1.807) is 12.1 Å². The minimum atomic E-state index is -0.486. The highest BCUT2D eigenvalue weighted by atomic mass is 16.7. The van der Waals surface area contributed by atoms with Crippen LogP contribution in [0.1, 0.15) is 5.56 Å². The average molecular weight is 236 g/mol. The summed E-state index contributed by atoms with van der Waals surface area (Å²) in [4.78, 5) is 26.1. The van der Waals surface area contributed by atoms with E-state index in [-0.39, 0.29) is 11.6 Å². The summed E-state index contributed by atoms with van der Waals surface area (Å²) in [5.74, 6) is -0.348. The van der Waals surface area contributed by atoms with Crippen LogP contribution >= 0.6 is 0 Å². The van der Waals surface area contributed by atoms with Crippen LogP contribution in [0.15, 0.2) is 30.3 Å². The summed E-state index contributed by atoms with van der Waals surface area (Å²) in [5.41, 5.74) is 0.566. The molecule has 0 saturated carbocycles. The van der Waals surface area contributed by atoms with Crippen molar-refractivity contribution in [3.8, 4) is 0 Å². The topological polar surface area (TPSA) is 72.7 Å². The second kappa shape index (κ2) is 5.76. The first-order chi connectivity index (χ1) is 8.04. The monoisotopic (exact) mass is 236 g/mol. The van der Waals surface area contributed by atoms with Crippen LogP contribution in [-0.4, -0.2) is 30.1 Å². The molecule has 0 aliphatic rings. The van der Waals surface area contributed by atoms with Crippen molar-refractivity contribution in [1.29, 1.82) is 0 Å². The number of non-ortho nitro benzene ring substituents is 1. The van der Waals surface area contributed by atoms with Gasteiger partial charge in [-0.3, -0.25) is 19.7 Å². The number of benzene rings is 1. The molecule has 0 aromatic heterocycles. The van der Waals surface area contributed by atoms with Gasteiger partial charge in [0.05, 0.1) is 12.0 Å². The van der Waals surface area contributed by atoms with Crippen LogP contribution in [0.3, 0.4) is 0 Å². The second-order valence-corrected chi connectivity index (χ2v) is 3.20. The van der Waals surface area contributed by atoms with Crippen molar-refractivity contribution in [2.75, 3.05) is 14.2 Å². The van der Waals surface area contributed by atoms with Crippen LogP contribution in [0, 0.1) is 10.1 Å². The number of amides is 1. The summed E-state index contributed by atoms with van der Waals surface area (Å²) < 4.78 is 0. The zero-order valence-corrected chi connectivity index (χ0v) is 9.49. The van der Waals surface area contributed by atoms with E-state index in [2.05, 4.69) is 4.84 Å². The Morgan fingerprint density at radius 1 is 1.53 bits per heavy atom. The molecule has 1 aromatic carbocycles. The van der Waals surface area contributed by atoms with E-state index < -0.39 is 4.92 Å². The lowest BCUT2D eigenvalue weighted by Gasteiger charge is -2.09. The molecule has 0 atom stereocenters. The predicted molar refractivity (Wildman–Crippen MR) is 61.9 cm³/mol. The van der Waals surface area contributed by atoms with Crippen molar-refractivity contribution in [3.05, 3.63) is 46.0 Å². The lowest BCUT2D eigenvalue weighted by molar-refractivity contribution is -0.384. The van der Waals surface area contributed by atoms with E-state index in [0.29, 0.717) is 5.56 Å². The Morgan fingerprint density at radius 3 is 2.82 bits per heavy atom. The first-order valence-electron chi connectivity index (χ1n) is 4.79. The fourth-order valence-corrected chi connectivity index (χ4v) is 1.10. The number of nitro benzene ring substituents is 1. The van der Waals surface area contributed by atoms with Gasteiger partial charge in [0.25, 0.3) is 11.6 Å². The predicted octanol–water partition coefficient (Wildman–Crippen LogP) is 1.63. The van der Waals surface area contributed by atoms with E-state index in [4.69, 9.17) is 0 Å². The van der Waals surface area contributed by atoms with Gasteiger partial charge in [-0.2, -0.15) is 0 Å². The molecule has 0 aliphatic heterocycles. The molecule has 0 saturated heterocycles. The number of carbonyl (C=O) groups excluding carboxylic acids is 1. The van der Waals surface area contributed by atoms with Gasteiger partial charge in [0.1, 0.15) is 0 Å². The normalized spacial score (nSPS) is 10.5. The number of carbonyl (C=O) groups is 1. The van der Waals surface area contributed by atoms with Gasteiger partial charge in [0.15, 0.2) is 0 Å². The van der Waals surface area contributed by atoms with E-state index >= 15 is 0 Å². The Bertz CT molecular complexity index is 457. The molecule has 0 spiro atoms. The molecule has 0 unspecified atom stereocenters. The molecular formula is C11H12N2O4. The second-order valence-electron chi connectivity index (χ2n) is 3.20. The van der Waals surface area contributed by atoms with Gasteiger partial charge < -0.3 is 0 Å². The van der Waals surface area contributed by atoms with Crippen LogP contribution in [0.4, 0.5) is 5.69 Å². The van der Waals surface area contributed by atoms with Crippen LogP contribution in [0.5, 0.6) is 0 Å². The van der Waals surface area contributed by atoms with Crippen molar-refractivity contribution in [3.63, 3.8) is 0 Å². The number of nitro groups is 1. The van der Waals surface area contributed by atoms with Gasteiger partial charge in [-0.1, -0.05) is 12.1 Å². The molecule has 0 aliphatic carbocycles. The Balaban J connectivity index is 2.81. The van der Waals surface area contributed by atoms with Crippen LogP contribution < -0.4 is 0 Å². The lowest BCUT2D eigenvalue weighted by atomic mass is 10.2. The average Bonchev–Trinajstić information content (AvgIpc) is 2.35. The smallest absolute Gasteiger partial charge is 0.270 e. The number of hydroxylamine groups is 2. The zero-order valence-electron chi connectivity index (χ0n) is 9.49. The zero-order chi connectivity index (χ0) is 12.8. The summed E-state index contributed by atoms with van der Waals surface area (Å²) in [6.07, 6.45) is 2.77. The summed E-state index contributed by atoms with van der Waals surface area (Å²) in [7, 11) is 2.85. The van der Waals surface area contributed by atoms with Gasteiger partial charge in [0.2, 0.25) is 0 Å². The molecule has 0 N–H and O–H groups in total. The molecule has 6 nitrogen and oxygen atoms in total. The summed E-state index contributed by atoms with van der Waals surface area (Å²) in [6.45, 7) is 0. The van der Waals surface area contributed by atoms with Crippen molar-refractivity contribution in [2.45, 2.75) is 0 Å². The molecule has 17 heavy (non-hydrogen) atoms. The maximum atomic E-state index is 11.3. The molecule has 1 aromatic rings. The van der Waals surface area contributed by atoms with Crippen molar-refractivity contribution in [1.82, 2.24) is 5.06 Å². The van der Waals surface area contributed by atoms with Gasteiger partial charge >= 0.3 is 0 Å². The van der Waals surface area contributed by atoms with Crippen molar-refractivity contribution >= 4 is 17.7 Å². The van der Waals surface area contributed by atoms with Crippen molar-refractivity contribution in [2.24, 2.45) is 0 Å². The van der Waals surface area contributed by atoms with Crippen LogP contribution in [0.25, 0.3) is 6.08 Å². The highest BCUT2D eigenvalue weighted by Crippen LogP contribution is 2.14. The molecule has 90 valence electrons. The van der Waals surface area contributed by atoms with Crippen LogP contribution in [-0.2, 0) is 9.63 Å². The number of nitrogens with zero attached hydrogens (tertiary/aromatic N) is 2. The SMILES string of the molecule is CON(C)C(=O)C=Cc1cccc([N+](=O)[O-])c1. The van der Waals surface area contributed by atoms with Gasteiger partial charge in [-0.15, -0.1) is 0 Å². The Morgan fingerprint density at radius 2 is 2.24 bits per heavy atom.